The van der Waals surface area contributed by atoms with Crippen molar-refractivity contribution in [1.29, 1.82) is 0 Å². The van der Waals surface area contributed by atoms with Crippen molar-refractivity contribution in [2.45, 2.75) is 52.4 Å². The quantitative estimate of drug-likeness (QED) is 0.232. The van der Waals surface area contributed by atoms with Crippen LogP contribution < -0.4 is 20.1 Å². The molecule has 2 aromatic carbocycles. The molecule has 0 fully saturated rings. The Balaban J connectivity index is 1.52. The summed E-state index contributed by atoms with van der Waals surface area (Å²) in [6.07, 6.45) is 5.49. The summed E-state index contributed by atoms with van der Waals surface area (Å²) >= 11 is 0. The van der Waals surface area contributed by atoms with Gasteiger partial charge in [0.05, 0.1) is 17.0 Å². The molecule has 4 rings (SSSR count). The Morgan fingerprint density at radius 3 is 2.23 bits per heavy atom. The van der Waals surface area contributed by atoms with Gasteiger partial charge in [-0.3, -0.25) is 9.40 Å². The van der Waals surface area contributed by atoms with Gasteiger partial charge in [0, 0.05) is 59.3 Å². The Morgan fingerprint density at radius 2 is 1.62 bits per heavy atom. The molecule has 11 heteroatoms. The van der Waals surface area contributed by atoms with Gasteiger partial charge >= 0.3 is 0 Å². The fraction of sp³-hybridized carbons (Fsp3) is 0.321. The third-order valence-corrected chi connectivity index (χ3v) is 7.91. The average molecular weight is 550 g/mol. The van der Waals surface area contributed by atoms with E-state index in [9.17, 15) is 8.42 Å². The van der Waals surface area contributed by atoms with Crippen molar-refractivity contribution >= 4 is 38.9 Å². The first kappa shape index (κ1) is 27.9. The highest BCUT2D eigenvalue weighted by atomic mass is 32.2. The van der Waals surface area contributed by atoms with Crippen LogP contribution in [0.25, 0.3) is 11.1 Å². The van der Waals surface area contributed by atoms with Gasteiger partial charge in [-0.2, -0.15) is 10.1 Å². The topological polar surface area (TPSA) is 123 Å². The minimum atomic E-state index is -3.50. The average Bonchev–Trinajstić information content (AvgIpc) is 3.27. The smallest absolute Gasteiger partial charge is 0.237 e. The number of nitrogens with one attached hydrogen (secondary N) is 3. The van der Waals surface area contributed by atoms with Crippen LogP contribution >= 0.6 is 0 Å². The van der Waals surface area contributed by atoms with E-state index in [-0.39, 0.29) is 6.10 Å². The molecule has 0 aliphatic carbocycles. The summed E-state index contributed by atoms with van der Waals surface area (Å²) in [5.74, 6) is 1.78. The molecular formula is C28H35N7O3S. The molecule has 0 saturated carbocycles. The van der Waals surface area contributed by atoms with Crippen molar-refractivity contribution in [2.75, 3.05) is 15.4 Å². The highest BCUT2D eigenvalue weighted by molar-refractivity contribution is 7.94. The summed E-state index contributed by atoms with van der Waals surface area (Å²) < 4.78 is 34.4. The first-order valence-electron chi connectivity index (χ1n) is 12.6. The van der Waals surface area contributed by atoms with Crippen molar-refractivity contribution in [3.63, 3.8) is 0 Å². The van der Waals surface area contributed by atoms with Crippen LogP contribution in [0.4, 0.5) is 28.8 Å². The summed E-state index contributed by atoms with van der Waals surface area (Å²) in [7, 11) is -1.62. The normalized spacial score (nSPS) is 11.9. The Labute approximate surface area is 229 Å². The zero-order chi connectivity index (χ0) is 28.4. The van der Waals surface area contributed by atoms with E-state index >= 15 is 0 Å². The number of sulfonamides is 1. The first-order valence-corrected chi connectivity index (χ1v) is 14.1. The number of aromatic nitrogens is 4. The van der Waals surface area contributed by atoms with E-state index in [1.165, 1.54) is 0 Å². The maximum Gasteiger partial charge on any atom is 0.237 e. The monoisotopic (exact) mass is 549 g/mol. The maximum absolute atomic E-state index is 12.4. The van der Waals surface area contributed by atoms with E-state index in [1.54, 1.807) is 55.9 Å². The van der Waals surface area contributed by atoms with Crippen LogP contribution in [0.15, 0.2) is 61.1 Å². The van der Waals surface area contributed by atoms with E-state index in [1.807, 2.05) is 58.4 Å². The Bertz CT molecular complexity index is 1560. The second kappa shape index (κ2) is 10.9. The number of aryl methyl sites for hydroxylation is 2. The van der Waals surface area contributed by atoms with Crippen molar-refractivity contribution in [3.05, 3.63) is 66.6 Å². The zero-order valence-electron chi connectivity index (χ0n) is 23.3. The molecule has 10 nitrogen and oxygen atoms in total. The molecule has 0 amide bonds. The van der Waals surface area contributed by atoms with E-state index in [2.05, 4.69) is 30.4 Å². The van der Waals surface area contributed by atoms with Gasteiger partial charge in [-0.25, -0.2) is 13.4 Å². The van der Waals surface area contributed by atoms with E-state index in [0.717, 1.165) is 33.8 Å². The van der Waals surface area contributed by atoms with Gasteiger partial charge < -0.3 is 15.4 Å². The summed E-state index contributed by atoms with van der Waals surface area (Å²) in [4.78, 5) is 9.09. The minimum absolute atomic E-state index is 0.00254. The number of anilines is 5. The van der Waals surface area contributed by atoms with Gasteiger partial charge in [0.25, 0.3) is 0 Å². The van der Waals surface area contributed by atoms with Gasteiger partial charge in [0.15, 0.2) is 0 Å². The summed E-state index contributed by atoms with van der Waals surface area (Å²) in [5.41, 5.74) is 4.80. The fourth-order valence-corrected chi connectivity index (χ4v) is 4.33. The van der Waals surface area contributed by atoms with Crippen molar-refractivity contribution in [1.82, 2.24) is 19.7 Å². The number of hydrogen-bond acceptors (Lipinski definition) is 8. The number of rotatable bonds is 9. The van der Waals surface area contributed by atoms with Crippen LogP contribution in [0.5, 0.6) is 5.75 Å². The lowest BCUT2D eigenvalue weighted by Gasteiger charge is -2.20. The molecule has 206 valence electrons. The third-order valence-electron chi connectivity index (χ3n) is 5.79. The van der Waals surface area contributed by atoms with Crippen molar-refractivity contribution in [3.8, 4) is 16.9 Å². The van der Waals surface area contributed by atoms with Crippen LogP contribution in [-0.4, -0.2) is 39.0 Å². The Morgan fingerprint density at radius 1 is 0.949 bits per heavy atom. The molecule has 2 aromatic heterocycles. The highest BCUT2D eigenvalue weighted by Gasteiger charge is 2.28. The van der Waals surface area contributed by atoms with Crippen LogP contribution in [0.1, 0.15) is 40.2 Å². The lowest BCUT2D eigenvalue weighted by molar-refractivity contribution is 0.243. The first-order chi connectivity index (χ1) is 18.3. The largest absolute Gasteiger partial charge is 0.490 e. The summed E-state index contributed by atoms with van der Waals surface area (Å²) in [6.45, 7) is 10.8. The predicted octanol–water partition coefficient (Wildman–Crippen LogP) is 6.00. The molecule has 0 unspecified atom stereocenters. The third kappa shape index (κ3) is 6.85. The summed E-state index contributed by atoms with van der Waals surface area (Å²) in [5, 5.41) is 10.8. The van der Waals surface area contributed by atoms with Gasteiger partial charge in [-0.05, 0) is 77.9 Å². The molecule has 0 spiro atoms. The lowest BCUT2D eigenvalue weighted by Crippen LogP contribution is -2.33. The number of ether oxygens (including phenoxy) is 1. The van der Waals surface area contributed by atoms with Crippen LogP contribution in [-0.2, 0) is 17.1 Å². The second-order valence-electron chi connectivity index (χ2n) is 10.6. The van der Waals surface area contributed by atoms with E-state index in [4.69, 9.17) is 4.74 Å². The van der Waals surface area contributed by atoms with Crippen LogP contribution in [0.3, 0.4) is 0 Å². The number of nitrogens with zero attached hydrogens (tertiary/aromatic N) is 4. The van der Waals surface area contributed by atoms with Gasteiger partial charge in [0.1, 0.15) is 11.6 Å². The molecule has 0 radical (unpaired) electrons. The number of benzene rings is 2. The predicted molar refractivity (Wildman–Crippen MR) is 156 cm³/mol. The summed E-state index contributed by atoms with van der Waals surface area (Å²) in [6, 6.07) is 12.9. The van der Waals surface area contributed by atoms with Crippen LogP contribution in [0.2, 0.25) is 0 Å². The zero-order valence-corrected chi connectivity index (χ0v) is 24.1. The Hall–Kier alpha value is -4.12. The van der Waals surface area contributed by atoms with Gasteiger partial charge in [-0.1, -0.05) is 0 Å². The SMILES string of the molecule is Cc1cnc(Nc2ccc(-c3cnn(C)c3)c(OC(C)C)c2)nc1Nc1ccc(NS(=O)(=O)C(C)(C)C)cc1. The highest BCUT2D eigenvalue weighted by Crippen LogP contribution is 2.34. The maximum atomic E-state index is 12.4. The molecule has 0 aliphatic rings. The molecule has 0 atom stereocenters. The number of hydrogen-bond donors (Lipinski definition) is 3. The van der Waals surface area contributed by atoms with Gasteiger partial charge in [0.2, 0.25) is 16.0 Å². The molecule has 4 aromatic rings. The molecule has 0 aliphatic heterocycles. The van der Waals surface area contributed by atoms with Crippen molar-refractivity contribution in [2.24, 2.45) is 7.05 Å². The van der Waals surface area contributed by atoms with E-state index in [0.29, 0.717) is 17.5 Å². The standard InChI is InChI=1S/C28H35N7O3S/c1-18(2)38-25-14-23(12-13-24(25)20-16-30-35(7)17-20)32-27-29-15-19(3)26(33-27)31-21-8-10-22(11-9-21)34-39(36,37)28(4,5)6/h8-18,34H,1-7H3,(H2,29,31,32,33). The van der Waals surface area contributed by atoms with Crippen LogP contribution in [0, 0.1) is 6.92 Å². The molecule has 2 heterocycles. The molecule has 0 bridgehead atoms. The van der Waals surface area contributed by atoms with Gasteiger partial charge in [-0.15, -0.1) is 0 Å². The van der Waals surface area contributed by atoms with Crippen molar-refractivity contribution < 1.29 is 13.2 Å². The molecule has 3 N–H and O–H groups in total. The molecule has 39 heavy (non-hydrogen) atoms. The molecular weight excluding hydrogens is 514 g/mol. The molecule has 0 saturated heterocycles. The fourth-order valence-electron chi connectivity index (χ4n) is 3.57. The second-order valence-corrected chi connectivity index (χ2v) is 13.0. The lowest BCUT2D eigenvalue weighted by atomic mass is 10.1. The Kier molecular flexibility index (Phi) is 7.82. The van der Waals surface area contributed by atoms with E-state index < -0.39 is 14.8 Å². The minimum Gasteiger partial charge on any atom is -0.490 e.